The van der Waals surface area contributed by atoms with Crippen molar-refractivity contribution in [2.45, 2.75) is 19.3 Å². The van der Waals surface area contributed by atoms with Gasteiger partial charge in [0, 0.05) is 32.6 Å². The molecule has 0 aliphatic carbocycles. The van der Waals surface area contributed by atoms with Crippen molar-refractivity contribution in [1.29, 1.82) is 0 Å². The third-order valence-electron chi connectivity index (χ3n) is 3.87. The average molecular weight is 327 g/mol. The van der Waals surface area contributed by atoms with Gasteiger partial charge in [-0.05, 0) is 31.8 Å². The number of nitrogens with zero attached hydrogens (tertiary/aromatic N) is 2. The van der Waals surface area contributed by atoms with E-state index in [9.17, 15) is 13.2 Å². The number of carbonyl (C=O) groups excluding carboxylic acids is 1. The minimum Gasteiger partial charge on any atom is -0.340 e. The summed E-state index contributed by atoms with van der Waals surface area (Å²) in [6, 6.07) is 0. The van der Waals surface area contributed by atoms with Gasteiger partial charge >= 0.3 is 0 Å². The molecule has 0 unspecified atom stereocenters. The quantitative estimate of drug-likeness (QED) is 0.706. The van der Waals surface area contributed by atoms with E-state index in [1.807, 2.05) is 0 Å². The first-order chi connectivity index (χ1) is 8.97. The molecular formula is C11H23ClN4O3S. The van der Waals surface area contributed by atoms with Gasteiger partial charge in [-0.25, -0.2) is 5.14 Å². The standard InChI is InChI=1S/C11H22N4O3S.ClH/c12-19(17,18)15-7-5-14(6-8-15)11(16)9-10-1-3-13-4-2-10;/h10,13H,1-9H2,(H2,12,17,18);1H. The predicted molar refractivity (Wildman–Crippen MR) is 78.7 cm³/mol. The van der Waals surface area contributed by atoms with E-state index in [1.165, 1.54) is 4.31 Å². The molecule has 0 aromatic rings. The fourth-order valence-corrected chi connectivity index (χ4v) is 3.33. The summed E-state index contributed by atoms with van der Waals surface area (Å²) in [7, 11) is -3.62. The van der Waals surface area contributed by atoms with Gasteiger partial charge in [-0.1, -0.05) is 0 Å². The van der Waals surface area contributed by atoms with Crippen molar-refractivity contribution in [3.8, 4) is 0 Å². The molecule has 3 N–H and O–H groups in total. The molecule has 0 saturated carbocycles. The first-order valence-corrected chi connectivity index (χ1v) is 8.23. The van der Waals surface area contributed by atoms with Crippen LogP contribution in [-0.2, 0) is 15.0 Å². The topological polar surface area (TPSA) is 95.7 Å². The lowest BCUT2D eigenvalue weighted by Crippen LogP contribution is -2.52. The van der Waals surface area contributed by atoms with Crippen LogP contribution in [0.3, 0.4) is 0 Å². The highest BCUT2D eigenvalue weighted by Crippen LogP contribution is 2.18. The number of hydrogen-bond donors (Lipinski definition) is 2. The maximum atomic E-state index is 12.1. The van der Waals surface area contributed by atoms with Gasteiger partial charge in [-0.2, -0.15) is 12.7 Å². The van der Waals surface area contributed by atoms with E-state index >= 15 is 0 Å². The first kappa shape index (κ1) is 17.6. The lowest BCUT2D eigenvalue weighted by atomic mass is 9.94. The van der Waals surface area contributed by atoms with Gasteiger partial charge in [-0.3, -0.25) is 4.79 Å². The number of carbonyl (C=O) groups is 1. The second-order valence-electron chi connectivity index (χ2n) is 5.22. The van der Waals surface area contributed by atoms with Crippen LogP contribution < -0.4 is 10.5 Å². The average Bonchev–Trinajstić information content (AvgIpc) is 2.39. The normalized spacial score (nSPS) is 22.4. The molecule has 0 aromatic carbocycles. The van der Waals surface area contributed by atoms with E-state index in [2.05, 4.69) is 5.32 Å². The Bertz CT molecular complexity index is 417. The Balaban J connectivity index is 0.00000200. The Morgan fingerprint density at radius 2 is 1.70 bits per heavy atom. The maximum Gasteiger partial charge on any atom is 0.277 e. The summed E-state index contributed by atoms with van der Waals surface area (Å²) < 4.78 is 23.6. The molecule has 118 valence electrons. The van der Waals surface area contributed by atoms with Gasteiger partial charge in [-0.15, -0.1) is 12.4 Å². The van der Waals surface area contributed by atoms with Crippen LogP contribution in [0.1, 0.15) is 19.3 Å². The first-order valence-electron chi connectivity index (χ1n) is 6.73. The molecule has 2 aliphatic heterocycles. The van der Waals surface area contributed by atoms with Gasteiger partial charge in [0.2, 0.25) is 5.91 Å². The van der Waals surface area contributed by atoms with Gasteiger partial charge in [0.1, 0.15) is 0 Å². The van der Waals surface area contributed by atoms with Crippen molar-refractivity contribution in [3.63, 3.8) is 0 Å². The molecule has 0 radical (unpaired) electrons. The molecule has 2 aliphatic rings. The monoisotopic (exact) mass is 326 g/mol. The fraction of sp³-hybridized carbons (Fsp3) is 0.909. The Hall–Kier alpha value is -0.410. The van der Waals surface area contributed by atoms with Gasteiger partial charge in [0.05, 0.1) is 0 Å². The summed E-state index contributed by atoms with van der Waals surface area (Å²) in [4.78, 5) is 13.9. The van der Waals surface area contributed by atoms with Gasteiger partial charge in [0.25, 0.3) is 10.2 Å². The number of halogens is 1. The largest absolute Gasteiger partial charge is 0.340 e. The minimum absolute atomic E-state index is 0. The summed E-state index contributed by atoms with van der Waals surface area (Å²) >= 11 is 0. The molecule has 2 heterocycles. The zero-order chi connectivity index (χ0) is 13.9. The van der Waals surface area contributed by atoms with Crippen LogP contribution >= 0.6 is 12.4 Å². The third-order valence-corrected chi connectivity index (χ3v) is 4.96. The van der Waals surface area contributed by atoms with E-state index in [-0.39, 0.29) is 18.3 Å². The van der Waals surface area contributed by atoms with Crippen molar-refractivity contribution in [2.24, 2.45) is 11.1 Å². The summed E-state index contributed by atoms with van der Waals surface area (Å²) in [5, 5.41) is 8.35. The van der Waals surface area contributed by atoms with E-state index in [0.717, 1.165) is 25.9 Å². The van der Waals surface area contributed by atoms with E-state index < -0.39 is 10.2 Å². The Morgan fingerprint density at radius 3 is 2.20 bits per heavy atom. The third kappa shape index (κ3) is 4.85. The Morgan fingerprint density at radius 1 is 1.15 bits per heavy atom. The number of piperidine rings is 1. The molecule has 2 saturated heterocycles. The number of hydrogen-bond acceptors (Lipinski definition) is 4. The number of nitrogens with one attached hydrogen (secondary N) is 1. The van der Waals surface area contributed by atoms with E-state index in [0.29, 0.717) is 38.5 Å². The summed E-state index contributed by atoms with van der Waals surface area (Å²) in [6.45, 7) is 3.46. The van der Waals surface area contributed by atoms with Crippen molar-refractivity contribution < 1.29 is 13.2 Å². The zero-order valence-corrected chi connectivity index (χ0v) is 13.1. The zero-order valence-electron chi connectivity index (χ0n) is 11.5. The highest BCUT2D eigenvalue weighted by molar-refractivity contribution is 7.86. The molecular weight excluding hydrogens is 304 g/mol. The molecule has 2 rings (SSSR count). The summed E-state index contributed by atoms with van der Waals surface area (Å²) in [5.41, 5.74) is 0. The fourth-order valence-electron chi connectivity index (χ4n) is 2.65. The predicted octanol–water partition coefficient (Wildman–Crippen LogP) is -0.854. The number of piperazine rings is 1. The molecule has 20 heavy (non-hydrogen) atoms. The summed E-state index contributed by atoms with van der Waals surface area (Å²) in [5.74, 6) is 0.603. The van der Waals surface area contributed by atoms with Crippen LogP contribution in [0.25, 0.3) is 0 Å². The van der Waals surface area contributed by atoms with E-state index in [4.69, 9.17) is 5.14 Å². The van der Waals surface area contributed by atoms with Gasteiger partial charge < -0.3 is 10.2 Å². The molecule has 9 heteroatoms. The second kappa shape index (κ2) is 7.56. The number of amides is 1. The van der Waals surface area contributed by atoms with Crippen LogP contribution in [0, 0.1) is 5.92 Å². The van der Waals surface area contributed by atoms with Crippen LogP contribution in [0.15, 0.2) is 0 Å². The van der Waals surface area contributed by atoms with Crippen LogP contribution in [-0.4, -0.2) is 62.8 Å². The Labute approximate surface area is 126 Å². The smallest absolute Gasteiger partial charge is 0.277 e. The molecule has 0 atom stereocenters. The molecule has 2 fully saturated rings. The minimum atomic E-state index is -3.62. The molecule has 0 bridgehead atoms. The van der Waals surface area contributed by atoms with Crippen molar-refractivity contribution in [1.82, 2.24) is 14.5 Å². The molecule has 1 amide bonds. The maximum absolute atomic E-state index is 12.1. The van der Waals surface area contributed by atoms with Crippen molar-refractivity contribution >= 4 is 28.5 Å². The SMILES string of the molecule is Cl.NS(=O)(=O)N1CCN(C(=O)CC2CCNCC2)CC1. The summed E-state index contributed by atoms with van der Waals surface area (Å²) in [6.07, 6.45) is 2.67. The number of nitrogens with two attached hydrogens (primary N) is 1. The van der Waals surface area contributed by atoms with Crippen LogP contribution in [0.4, 0.5) is 0 Å². The molecule has 0 spiro atoms. The van der Waals surface area contributed by atoms with Crippen LogP contribution in [0.2, 0.25) is 0 Å². The van der Waals surface area contributed by atoms with Crippen molar-refractivity contribution in [3.05, 3.63) is 0 Å². The van der Waals surface area contributed by atoms with Gasteiger partial charge in [0.15, 0.2) is 0 Å². The lowest BCUT2D eigenvalue weighted by molar-refractivity contribution is -0.133. The van der Waals surface area contributed by atoms with E-state index in [1.54, 1.807) is 4.90 Å². The highest BCUT2D eigenvalue weighted by atomic mass is 35.5. The van der Waals surface area contributed by atoms with Crippen molar-refractivity contribution in [2.75, 3.05) is 39.3 Å². The molecule has 0 aromatic heterocycles. The lowest BCUT2D eigenvalue weighted by Gasteiger charge is -2.34. The molecule has 7 nitrogen and oxygen atoms in total. The highest BCUT2D eigenvalue weighted by Gasteiger charge is 2.27. The second-order valence-corrected chi connectivity index (χ2v) is 6.77. The number of rotatable bonds is 3. The van der Waals surface area contributed by atoms with Crippen LogP contribution in [0.5, 0.6) is 0 Å². The Kier molecular flexibility index (Phi) is 6.67.